The highest BCUT2D eigenvalue weighted by molar-refractivity contribution is 5.85. The Bertz CT molecular complexity index is 344. The van der Waals surface area contributed by atoms with E-state index in [1.807, 2.05) is 13.8 Å². The molecule has 1 rings (SSSR count). The van der Waals surface area contributed by atoms with Gasteiger partial charge in [-0.15, -0.1) is 0 Å². The smallest absolute Gasteiger partial charge is 0.310 e. The number of carbonyl (C=O) groups is 2. The van der Waals surface area contributed by atoms with E-state index in [0.717, 1.165) is 19.3 Å². The number of nitrogens with one attached hydrogen (secondary N) is 1. The zero-order valence-corrected chi connectivity index (χ0v) is 12.6. The number of hydrogen-bond acceptors (Lipinski definition) is 3. The van der Waals surface area contributed by atoms with Crippen molar-refractivity contribution in [1.29, 1.82) is 0 Å². The first-order valence-corrected chi connectivity index (χ1v) is 7.60. The van der Waals surface area contributed by atoms with Crippen LogP contribution < -0.4 is 5.32 Å². The number of amides is 1. The Hall–Kier alpha value is -1.10. The molecule has 0 aromatic rings. The lowest BCUT2D eigenvalue weighted by Gasteiger charge is -2.33. The van der Waals surface area contributed by atoms with Gasteiger partial charge in [0.2, 0.25) is 5.91 Å². The number of carboxylic acid groups (broad SMARTS) is 1. The monoisotopic (exact) mass is 285 g/mol. The van der Waals surface area contributed by atoms with E-state index in [4.69, 9.17) is 0 Å². The average Bonchev–Trinajstić information content (AvgIpc) is 2.45. The van der Waals surface area contributed by atoms with Crippen molar-refractivity contribution in [2.75, 3.05) is 6.54 Å². The Kier molecular flexibility index (Phi) is 5.99. The van der Waals surface area contributed by atoms with Gasteiger partial charge in [0.05, 0.1) is 11.0 Å². The van der Waals surface area contributed by atoms with Crippen LogP contribution in [0.25, 0.3) is 0 Å². The Morgan fingerprint density at radius 2 is 1.70 bits per heavy atom. The fourth-order valence-corrected chi connectivity index (χ4v) is 2.83. The van der Waals surface area contributed by atoms with E-state index >= 15 is 0 Å². The SMILES string of the molecule is CCC(O)(CC)CNC(=O)CC1(C(=O)O)CCCCC1. The third-order valence-corrected chi connectivity index (χ3v) is 4.69. The van der Waals surface area contributed by atoms with E-state index in [9.17, 15) is 19.8 Å². The van der Waals surface area contributed by atoms with Gasteiger partial charge in [-0.2, -0.15) is 0 Å². The molecule has 1 aliphatic carbocycles. The molecule has 5 nitrogen and oxygen atoms in total. The van der Waals surface area contributed by atoms with Crippen molar-refractivity contribution in [2.24, 2.45) is 5.41 Å². The molecule has 1 amide bonds. The molecule has 3 N–H and O–H groups in total. The van der Waals surface area contributed by atoms with Crippen molar-refractivity contribution in [3.63, 3.8) is 0 Å². The lowest BCUT2D eigenvalue weighted by atomic mass is 9.71. The van der Waals surface area contributed by atoms with Crippen LogP contribution in [0.2, 0.25) is 0 Å². The summed E-state index contributed by atoms with van der Waals surface area (Å²) in [5.41, 5.74) is -1.79. The van der Waals surface area contributed by atoms with Gasteiger partial charge in [-0.3, -0.25) is 9.59 Å². The van der Waals surface area contributed by atoms with Crippen LogP contribution in [0.3, 0.4) is 0 Å². The summed E-state index contributed by atoms with van der Waals surface area (Å²) in [6.07, 6.45) is 5.07. The number of rotatable bonds is 7. The first kappa shape index (κ1) is 17.0. The van der Waals surface area contributed by atoms with Crippen molar-refractivity contribution >= 4 is 11.9 Å². The van der Waals surface area contributed by atoms with Crippen molar-refractivity contribution < 1.29 is 19.8 Å². The highest BCUT2D eigenvalue weighted by Crippen LogP contribution is 2.39. The topological polar surface area (TPSA) is 86.6 Å². The first-order valence-electron chi connectivity index (χ1n) is 7.60. The number of hydrogen-bond donors (Lipinski definition) is 3. The fraction of sp³-hybridized carbons (Fsp3) is 0.867. The van der Waals surface area contributed by atoms with Gasteiger partial charge in [0.25, 0.3) is 0 Å². The minimum atomic E-state index is -0.904. The van der Waals surface area contributed by atoms with Gasteiger partial charge in [-0.25, -0.2) is 0 Å². The van der Waals surface area contributed by atoms with E-state index in [1.165, 1.54) is 0 Å². The van der Waals surface area contributed by atoms with Gasteiger partial charge < -0.3 is 15.5 Å². The van der Waals surface area contributed by atoms with Gasteiger partial charge in [-0.05, 0) is 25.7 Å². The van der Waals surface area contributed by atoms with Crippen molar-refractivity contribution in [3.05, 3.63) is 0 Å². The third kappa shape index (κ3) is 4.20. The van der Waals surface area contributed by atoms with Gasteiger partial charge >= 0.3 is 5.97 Å². The van der Waals surface area contributed by atoms with E-state index < -0.39 is 17.0 Å². The Morgan fingerprint density at radius 3 is 2.15 bits per heavy atom. The van der Waals surface area contributed by atoms with Crippen molar-refractivity contribution in [1.82, 2.24) is 5.32 Å². The summed E-state index contributed by atoms with van der Waals surface area (Å²) in [4.78, 5) is 23.5. The molecule has 0 aromatic carbocycles. The molecule has 0 bridgehead atoms. The average molecular weight is 285 g/mol. The van der Waals surface area contributed by atoms with Crippen LogP contribution in [0.15, 0.2) is 0 Å². The van der Waals surface area contributed by atoms with Crippen LogP contribution >= 0.6 is 0 Å². The summed E-state index contributed by atoms with van der Waals surface area (Å²) in [7, 11) is 0. The maximum Gasteiger partial charge on any atom is 0.310 e. The molecule has 5 heteroatoms. The van der Waals surface area contributed by atoms with Gasteiger partial charge in [0, 0.05) is 13.0 Å². The molecule has 116 valence electrons. The molecule has 0 saturated heterocycles. The highest BCUT2D eigenvalue weighted by Gasteiger charge is 2.41. The van der Waals surface area contributed by atoms with Crippen LogP contribution in [-0.2, 0) is 9.59 Å². The number of aliphatic hydroxyl groups is 1. The molecule has 0 aliphatic heterocycles. The van der Waals surface area contributed by atoms with Crippen molar-refractivity contribution in [3.8, 4) is 0 Å². The second-order valence-corrected chi connectivity index (χ2v) is 6.03. The second-order valence-electron chi connectivity index (χ2n) is 6.03. The fourth-order valence-electron chi connectivity index (χ4n) is 2.83. The van der Waals surface area contributed by atoms with Gasteiger partial charge in [0.1, 0.15) is 0 Å². The molecule has 0 heterocycles. The molecule has 1 aliphatic rings. The molecule has 1 saturated carbocycles. The summed E-state index contributed by atoms with van der Waals surface area (Å²) in [6, 6.07) is 0. The van der Waals surface area contributed by atoms with E-state index in [0.29, 0.717) is 25.7 Å². The summed E-state index contributed by atoms with van der Waals surface area (Å²) in [5.74, 6) is -1.14. The summed E-state index contributed by atoms with van der Waals surface area (Å²) < 4.78 is 0. The van der Waals surface area contributed by atoms with E-state index in [1.54, 1.807) is 0 Å². The number of carboxylic acids is 1. The van der Waals surface area contributed by atoms with Crippen LogP contribution in [-0.4, -0.2) is 34.2 Å². The summed E-state index contributed by atoms with van der Waals surface area (Å²) in [5, 5.41) is 22.3. The molecule has 0 unspecified atom stereocenters. The summed E-state index contributed by atoms with van der Waals surface area (Å²) >= 11 is 0. The Labute approximate surface area is 120 Å². The molecule has 0 aromatic heterocycles. The normalized spacial score (nSPS) is 18.6. The predicted molar refractivity (Wildman–Crippen MR) is 76.3 cm³/mol. The van der Waals surface area contributed by atoms with Crippen LogP contribution in [0.5, 0.6) is 0 Å². The number of aliphatic carboxylic acids is 1. The molecule has 1 fully saturated rings. The van der Waals surface area contributed by atoms with Crippen molar-refractivity contribution in [2.45, 2.75) is 70.8 Å². The predicted octanol–water partition coefficient (Wildman–Crippen LogP) is 2.08. The Morgan fingerprint density at radius 1 is 1.15 bits per heavy atom. The zero-order chi connectivity index (χ0) is 15.2. The third-order valence-electron chi connectivity index (χ3n) is 4.69. The maximum absolute atomic E-state index is 12.0. The molecule has 0 spiro atoms. The summed E-state index contributed by atoms with van der Waals surface area (Å²) in [6.45, 7) is 3.93. The largest absolute Gasteiger partial charge is 0.481 e. The maximum atomic E-state index is 12.0. The standard InChI is InChI=1S/C15H27NO4/c1-3-15(20,4-2)11-16-12(17)10-14(13(18)19)8-6-5-7-9-14/h20H,3-11H2,1-2H3,(H,16,17)(H,18,19). The molecule has 0 atom stereocenters. The van der Waals surface area contributed by atoms with E-state index in [-0.39, 0.29) is 18.9 Å². The van der Waals surface area contributed by atoms with Gasteiger partial charge in [-0.1, -0.05) is 33.1 Å². The van der Waals surface area contributed by atoms with Crippen LogP contribution in [0.4, 0.5) is 0 Å². The zero-order valence-electron chi connectivity index (χ0n) is 12.6. The highest BCUT2D eigenvalue weighted by atomic mass is 16.4. The van der Waals surface area contributed by atoms with E-state index in [2.05, 4.69) is 5.32 Å². The lowest BCUT2D eigenvalue weighted by Crippen LogP contribution is -2.45. The molecular weight excluding hydrogens is 258 g/mol. The molecular formula is C15H27NO4. The molecule has 20 heavy (non-hydrogen) atoms. The lowest BCUT2D eigenvalue weighted by molar-refractivity contribution is -0.154. The first-order chi connectivity index (χ1) is 9.37. The second kappa shape index (κ2) is 7.07. The quantitative estimate of drug-likeness (QED) is 0.668. The molecule has 0 radical (unpaired) electrons. The van der Waals surface area contributed by atoms with Gasteiger partial charge in [0.15, 0.2) is 0 Å². The van der Waals surface area contributed by atoms with Crippen LogP contribution in [0.1, 0.15) is 65.2 Å². The minimum Gasteiger partial charge on any atom is -0.481 e. The Balaban J connectivity index is 2.57. The number of carbonyl (C=O) groups excluding carboxylic acids is 1. The minimum absolute atomic E-state index is 0.0197. The van der Waals surface area contributed by atoms with Crippen LogP contribution in [0, 0.1) is 5.41 Å².